The van der Waals surface area contributed by atoms with Gasteiger partial charge in [-0.15, -0.1) is 0 Å². The number of hydrogen-bond donors (Lipinski definition) is 3. The topological polar surface area (TPSA) is 69.6 Å². The second-order valence-corrected chi connectivity index (χ2v) is 3.25. The van der Waals surface area contributed by atoms with Gasteiger partial charge in [0.05, 0.1) is 6.10 Å². The second kappa shape index (κ2) is 5.72. The highest BCUT2D eigenvalue weighted by molar-refractivity contribution is 5.74. The molecule has 4 nitrogen and oxygen atoms in total. The predicted molar refractivity (Wildman–Crippen MR) is 50.5 cm³/mol. The van der Waals surface area contributed by atoms with Crippen molar-refractivity contribution in [2.24, 2.45) is 0 Å². The zero-order valence-corrected chi connectivity index (χ0v) is 8.24. The van der Waals surface area contributed by atoms with Crippen LogP contribution in [0.3, 0.4) is 0 Å². The van der Waals surface area contributed by atoms with E-state index in [1.807, 2.05) is 19.9 Å². The maximum atomic E-state index is 10.6. The van der Waals surface area contributed by atoms with Crippen molar-refractivity contribution < 1.29 is 15.0 Å². The van der Waals surface area contributed by atoms with Gasteiger partial charge in [0, 0.05) is 6.54 Å². The molecular weight excluding hydrogens is 170 g/mol. The van der Waals surface area contributed by atoms with Crippen LogP contribution in [0.25, 0.3) is 0 Å². The van der Waals surface area contributed by atoms with E-state index in [0.29, 0.717) is 6.54 Å². The lowest BCUT2D eigenvalue weighted by Gasteiger charge is -2.15. The van der Waals surface area contributed by atoms with Gasteiger partial charge in [-0.2, -0.15) is 0 Å². The Kier molecular flexibility index (Phi) is 5.34. The molecule has 0 aliphatic rings. The van der Waals surface area contributed by atoms with E-state index in [-0.39, 0.29) is 0 Å². The summed E-state index contributed by atoms with van der Waals surface area (Å²) in [5.41, 5.74) is 1.11. The van der Waals surface area contributed by atoms with Crippen molar-refractivity contribution in [1.82, 2.24) is 5.32 Å². The summed E-state index contributed by atoms with van der Waals surface area (Å²) in [6, 6.07) is -0.893. The van der Waals surface area contributed by atoms with Gasteiger partial charge < -0.3 is 10.2 Å². The van der Waals surface area contributed by atoms with Crippen molar-refractivity contribution in [3.05, 3.63) is 11.6 Å². The molecule has 0 bridgehead atoms. The van der Waals surface area contributed by atoms with Crippen LogP contribution in [0, 0.1) is 0 Å². The van der Waals surface area contributed by atoms with Crippen LogP contribution in [0.2, 0.25) is 0 Å². The molecule has 0 saturated carbocycles. The molecule has 0 heterocycles. The SMILES string of the molecule is CC(C)=CCN[C@H](C(=O)O)[C@@H](C)O. The van der Waals surface area contributed by atoms with Gasteiger partial charge >= 0.3 is 5.97 Å². The lowest BCUT2D eigenvalue weighted by Crippen LogP contribution is -2.44. The highest BCUT2D eigenvalue weighted by Gasteiger charge is 2.21. The first kappa shape index (κ1) is 12.1. The molecule has 0 aromatic rings. The van der Waals surface area contributed by atoms with Crippen LogP contribution in [0.5, 0.6) is 0 Å². The van der Waals surface area contributed by atoms with E-state index in [9.17, 15) is 4.79 Å². The van der Waals surface area contributed by atoms with Crippen LogP contribution < -0.4 is 5.32 Å². The average Bonchev–Trinajstić information content (AvgIpc) is 1.95. The maximum Gasteiger partial charge on any atom is 0.323 e. The van der Waals surface area contributed by atoms with Gasteiger partial charge in [-0.25, -0.2) is 0 Å². The Hall–Kier alpha value is -0.870. The van der Waals surface area contributed by atoms with Gasteiger partial charge in [0.1, 0.15) is 6.04 Å². The molecule has 0 saturated heterocycles. The van der Waals surface area contributed by atoms with Gasteiger partial charge in [-0.3, -0.25) is 10.1 Å². The van der Waals surface area contributed by atoms with Gasteiger partial charge in [0.2, 0.25) is 0 Å². The highest BCUT2D eigenvalue weighted by atomic mass is 16.4. The molecule has 13 heavy (non-hydrogen) atoms. The molecule has 4 heteroatoms. The van der Waals surface area contributed by atoms with Crippen LogP contribution in [0.15, 0.2) is 11.6 Å². The minimum atomic E-state index is -1.03. The molecule has 0 radical (unpaired) electrons. The Morgan fingerprint density at radius 3 is 2.38 bits per heavy atom. The molecule has 0 aromatic heterocycles. The van der Waals surface area contributed by atoms with E-state index in [4.69, 9.17) is 10.2 Å². The minimum Gasteiger partial charge on any atom is -0.480 e. The first-order chi connectivity index (χ1) is 5.95. The zero-order valence-electron chi connectivity index (χ0n) is 8.24. The second-order valence-electron chi connectivity index (χ2n) is 3.25. The summed E-state index contributed by atoms with van der Waals surface area (Å²) in [5.74, 6) is -1.03. The molecule has 0 unspecified atom stereocenters. The fraction of sp³-hybridized carbons (Fsp3) is 0.667. The maximum absolute atomic E-state index is 10.6. The van der Waals surface area contributed by atoms with Gasteiger partial charge in [0.25, 0.3) is 0 Å². The third kappa shape index (κ3) is 5.38. The van der Waals surface area contributed by atoms with Crippen LogP contribution in [-0.4, -0.2) is 34.9 Å². The average molecular weight is 187 g/mol. The van der Waals surface area contributed by atoms with Crippen molar-refractivity contribution >= 4 is 5.97 Å². The number of aliphatic hydroxyl groups is 1. The zero-order chi connectivity index (χ0) is 10.4. The number of carbonyl (C=O) groups is 1. The predicted octanol–water partition coefficient (Wildman–Crippen LogP) is 0.376. The Labute approximate surface area is 78.3 Å². The van der Waals surface area contributed by atoms with Crippen molar-refractivity contribution in [1.29, 1.82) is 0 Å². The Morgan fingerprint density at radius 1 is 1.54 bits per heavy atom. The number of nitrogens with one attached hydrogen (secondary N) is 1. The van der Waals surface area contributed by atoms with Crippen LogP contribution in [-0.2, 0) is 4.79 Å². The van der Waals surface area contributed by atoms with E-state index in [1.165, 1.54) is 6.92 Å². The van der Waals surface area contributed by atoms with Crippen LogP contribution in [0.1, 0.15) is 20.8 Å². The largest absolute Gasteiger partial charge is 0.480 e. The number of allylic oxidation sites excluding steroid dienone is 1. The summed E-state index contributed by atoms with van der Waals surface area (Å²) in [7, 11) is 0. The summed E-state index contributed by atoms with van der Waals surface area (Å²) < 4.78 is 0. The molecule has 3 N–H and O–H groups in total. The van der Waals surface area contributed by atoms with Gasteiger partial charge in [0.15, 0.2) is 0 Å². The lowest BCUT2D eigenvalue weighted by atomic mass is 10.2. The lowest BCUT2D eigenvalue weighted by molar-refractivity contribution is -0.142. The molecule has 0 spiro atoms. The minimum absolute atomic E-state index is 0.462. The summed E-state index contributed by atoms with van der Waals surface area (Å²) in [4.78, 5) is 10.6. The summed E-state index contributed by atoms with van der Waals surface area (Å²) in [6.45, 7) is 5.78. The van der Waals surface area contributed by atoms with Crippen molar-refractivity contribution in [2.75, 3.05) is 6.54 Å². The fourth-order valence-electron chi connectivity index (χ4n) is 0.854. The standard InChI is InChI=1S/C9H17NO3/c1-6(2)4-5-10-8(7(3)11)9(12)13/h4,7-8,10-11H,5H2,1-3H3,(H,12,13)/t7-,8+/m1/s1. The van der Waals surface area contributed by atoms with Crippen LogP contribution in [0.4, 0.5) is 0 Å². The summed E-state index contributed by atoms with van der Waals surface area (Å²) >= 11 is 0. The fourth-order valence-corrected chi connectivity index (χ4v) is 0.854. The van der Waals surface area contributed by atoms with Gasteiger partial charge in [-0.05, 0) is 20.8 Å². The monoisotopic (exact) mass is 187 g/mol. The first-order valence-corrected chi connectivity index (χ1v) is 4.22. The molecular formula is C9H17NO3. The van der Waals surface area contributed by atoms with E-state index >= 15 is 0 Å². The molecule has 0 rings (SSSR count). The molecule has 0 aliphatic heterocycles. The number of hydrogen-bond acceptors (Lipinski definition) is 3. The molecule has 0 fully saturated rings. The number of carboxylic acid groups (broad SMARTS) is 1. The molecule has 0 aromatic carbocycles. The quantitative estimate of drug-likeness (QED) is 0.544. The van der Waals surface area contributed by atoms with Crippen molar-refractivity contribution in [2.45, 2.75) is 32.9 Å². The van der Waals surface area contributed by atoms with Crippen LogP contribution >= 0.6 is 0 Å². The molecule has 0 aliphatic carbocycles. The van der Waals surface area contributed by atoms with Gasteiger partial charge in [-0.1, -0.05) is 11.6 Å². The van der Waals surface area contributed by atoms with E-state index in [0.717, 1.165) is 5.57 Å². The van der Waals surface area contributed by atoms with Crippen molar-refractivity contribution in [3.63, 3.8) is 0 Å². The van der Waals surface area contributed by atoms with E-state index in [1.54, 1.807) is 0 Å². The summed E-state index contributed by atoms with van der Waals surface area (Å²) in [5, 5.41) is 20.5. The van der Waals surface area contributed by atoms with Crippen molar-refractivity contribution in [3.8, 4) is 0 Å². The number of rotatable bonds is 5. The number of aliphatic hydroxyl groups excluding tert-OH is 1. The molecule has 0 amide bonds. The molecule has 76 valence electrons. The smallest absolute Gasteiger partial charge is 0.323 e. The first-order valence-electron chi connectivity index (χ1n) is 4.22. The molecule has 2 atom stereocenters. The Bertz CT molecular complexity index is 195. The highest BCUT2D eigenvalue weighted by Crippen LogP contribution is 1.93. The third-order valence-electron chi connectivity index (χ3n) is 1.60. The Balaban J connectivity index is 3.98. The normalized spacial score (nSPS) is 14.8. The number of aliphatic carboxylic acids is 1. The summed E-state index contributed by atoms with van der Waals surface area (Å²) in [6.07, 6.45) is 0.987. The van der Waals surface area contributed by atoms with E-state index in [2.05, 4.69) is 5.32 Å². The third-order valence-corrected chi connectivity index (χ3v) is 1.60. The van der Waals surface area contributed by atoms with E-state index < -0.39 is 18.1 Å². The number of carboxylic acids is 1. The Morgan fingerprint density at radius 2 is 2.08 bits per heavy atom.